The molecule has 25 heavy (non-hydrogen) atoms. The van der Waals surface area contributed by atoms with Gasteiger partial charge < -0.3 is 10.1 Å². The van der Waals surface area contributed by atoms with Crippen molar-refractivity contribution in [3.8, 4) is 5.88 Å². The molecule has 4 heteroatoms. The quantitative estimate of drug-likeness (QED) is 0.929. The molecule has 0 saturated carbocycles. The highest BCUT2D eigenvalue weighted by molar-refractivity contribution is 5.50. The van der Waals surface area contributed by atoms with Gasteiger partial charge in [-0.1, -0.05) is 30.3 Å². The van der Waals surface area contributed by atoms with E-state index in [9.17, 15) is 0 Å². The maximum absolute atomic E-state index is 6.43. The van der Waals surface area contributed by atoms with Crippen molar-refractivity contribution in [2.45, 2.75) is 37.8 Å². The Balaban J connectivity index is 1.35. The third-order valence-electron chi connectivity index (χ3n) is 6.22. The number of hydrogen-bond acceptors (Lipinski definition) is 4. The second-order valence-electron chi connectivity index (χ2n) is 7.86. The molecule has 2 atom stereocenters. The Morgan fingerprint density at radius 1 is 1.24 bits per heavy atom. The molecular weight excluding hydrogens is 310 g/mol. The second kappa shape index (κ2) is 5.73. The molecule has 3 saturated heterocycles. The zero-order chi connectivity index (χ0) is 16.9. The number of fused-ring (bicyclic) bond motifs is 3. The van der Waals surface area contributed by atoms with Gasteiger partial charge in [-0.05, 0) is 44.5 Å². The van der Waals surface area contributed by atoms with Gasteiger partial charge in [0.1, 0.15) is 5.60 Å². The van der Waals surface area contributed by atoms with Crippen LogP contribution in [0.3, 0.4) is 0 Å². The Kier molecular flexibility index (Phi) is 3.49. The van der Waals surface area contributed by atoms with Crippen LogP contribution in [0.4, 0.5) is 5.69 Å². The highest BCUT2D eigenvalue weighted by Crippen LogP contribution is 2.46. The fourth-order valence-corrected chi connectivity index (χ4v) is 4.86. The number of piperidine rings is 3. The summed E-state index contributed by atoms with van der Waals surface area (Å²) in [5, 5.41) is 3.58. The minimum atomic E-state index is -0.0184. The Bertz CT molecular complexity index is 770. The zero-order valence-electron chi connectivity index (χ0n) is 14.7. The maximum atomic E-state index is 6.43. The number of hydrogen-bond donors (Lipinski definition) is 1. The third-order valence-corrected chi connectivity index (χ3v) is 6.22. The van der Waals surface area contributed by atoms with Crippen molar-refractivity contribution < 1.29 is 4.74 Å². The highest BCUT2D eigenvalue weighted by Gasteiger charge is 2.52. The Morgan fingerprint density at radius 2 is 2.04 bits per heavy atom. The largest absolute Gasteiger partial charge is 0.469 e. The fraction of sp³-hybridized carbons (Fsp3) is 0.476. The minimum Gasteiger partial charge on any atom is -0.469 e. The molecule has 1 spiro atoms. The molecule has 2 aromatic rings. The fourth-order valence-electron chi connectivity index (χ4n) is 4.86. The summed E-state index contributed by atoms with van der Waals surface area (Å²) in [5.41, 5.74) is 3.61. The molecule has 6 rings (SSSR count). The minimum absolute atomic E-state index is 0.0184. The van der Waals surface area contributed by atoms with Crippen LogP contribution < -0.4 is 10.1 Å². The van der Waals surface area contributed by atoms with Crippen molar-refractivity contribution in [1.82, 2.24) is 9.88 Å². The van der Waals surface area contributed by atoms with Gasteiger partial charge in [-0.25, -0.2) is 4.98 Å². The van der Waals surface area contributed by atoms with Crippen LogP contribution >= 0.6 is 0 Å². The molecule has 0 radical (unpaired) electrons. The molecule has 2 bridgehead atoms. The number of nitrogens with zero attached hydrogens (tertiary/aromatic N) is 2. The van der Waals surface area contributed by atoms with E-state index in [1.54, 1.807) is 0 Å². The third kappa shape index (κ3) is 2.60. The molecule has 1 N–H and O–H groups in total. The van der Waals surface area contributed by atoms with Gasteiger partial charge in [0.2, 0.25) is 5.88 Å². The van der Waals surface area contributed by atoms with Crippen LogP contribution in [0.1, 0.15) is 36.9 Å². The van der Waals surface area contributed by atoms with Crippen LogP contribution in [-0.2, 0) is 6.42 Å². The van der Waals surface area contributed by atoms with Gasteiger partial charge in [0.15, 0.2) is 0 Å². The van der Waals surface area contributed by atoms with Crippen LogP contribution in [0.15, 0.2) is 42.6 Å². The molecule has 4 nitrogen and oxygen atoms in total. The summed E-state index contributed by atoms with van der Waals surface area (Å²) >= 11 is 0. The van der Waals surface area contributed by atoms with E-state index in [2.05, 4.69) is 58.5 Å². The van der Waals surface area contributed by atoms with Gasteiger partial charge in [0.05, 0.1) is 11.9 Å². The lowest BCUT2D eigenvalue weighted by Gasteiger charge is -2.50. The lowest BCUT2D eigenvalue weighted by Crippen LogP contribution is -2.61. The normalized spacial score (nSPS) is 30.8. The first-order valence-electron chi connectivity index (χ1n) is 9.44. The molecule has 1 aromatic heterocycles. The summed E-state index contributed by atoms with van der Waals surface area (Å²) in [4.78, 5) is 7.19. The average molecular weight is 335 g/mol. The van der Waals surface area contributed by atoms with E-state index in [4.69, 9.17) is 4.74 Å². The van der Waals surface area contributed by atoms with E-state index in [-0.39, 0.29) is 11.6 Å². The highest BCUT2D eigenvalue weighted by atomic mass is 16.5. The predicted molar refractivity (Wildman–Crippen MR) is 98.9 cm³/mol. The Morgan fingerprint density at radius 3 is 2.76 bits per heavy atom. The van der Waals surface area contributed by atoms with Crippen molar-refractivity contribution in [2.75, 3.05) is 25.0 Å². The average Bonchev–Trinajstić information content (AvgIpc) is 3.00. The summed E-state index contributed by atoms with van der Waals surface area (Å²) < 4.78 is 6.43. The SMILES string of the molecule is CC(Nc1cnc2c(c1)CC1(CN3CCC1CC3)O2)c1ccccc1. The molecular formula is C21H25N3O. The van der Waals surface area contributed by atoms with E-state index in [0.717, 1.165) is 24.5 Å². The van der Waals surface area contributed by atoms with Gasteiger partial charge in [-0.15, -0.1) is 0 Å². The number of ether oxygens (including phenoxy) is 1. The van der Waals surface area contributed by atoms with Crippen molar-refractivity contribution in [3.05, 3.63) is 53.7 Å². The van der Waals surface area contributed by atoms with Crippen molar-refractivity contribution >= 4 is 5.69 Å². The second-order valence-corrected chi connectivity index (χ2v) is 7.86. The monoisotopic (exact) mass is 335 g/mol. The summed E-state index contributed by atoms with van der Waals surface area (Å²) in [6.07, 6.45) is 5.46. The molecule has 3 fully saturated rings. The number of benzene rings is 1. The van der Waals surface area contributed by atoms with E-state index in [1.807, 2.05) is 6.20 Å². The topological polar surface area (TPSA) is 37.4 Å². The van der Waals surface area contributed by atoms with Gasteiger partial charge in [0.25, 0.3) is 0 Å². The van der Waals surface area contributed by atoms with Crippen molar-refractivity contribution in [2.24, 2.45) is 5.92 Å². The van der Waals surface area contributed by atoms with E-state index in [0.29, 0.717) is 5.92 Å². The van der Waals surface area contributed by atoms with Gasteiger partial charge in [-0.3, -0.25) is 4.90 Å². The van der Waals surface area contributed by atoms with E-state index < -0.39 is 0 Å². The van der Waals surface area contributed by atoms with Gasteiger partial charge in [0, 0.05) is 30.5 Å². The number of pyridine rings is 1. The van der Waals surface area contributed by atoms with Gasteiger partial charge in [-0.2, -0.15) is 0 Å². The first-order valence-corrected chi connectivity index (χ1v) is 9.44. The smallest absolute Gasteiger partial charge is 0.217 e. The summed E-state index contributed by atoms with van der Waals surface area (Å²) in [6.45, 7) is 5.73. The molecule has 0 aliphatic carbocycles. The van der Waals surface area contributed by atoms with E-state index in [1.165, 1.54) is 37.1 Å². The summed E-state index contributed by atoms with van der Waals surface area (Å²) in [7, 11) is 0. The number of aromatic nitrogens is 1. The lowest BCUT2D eigenvalue weighted by atomic mass is 9.73. The van der Waals surface area contributed by atoms with Crippen molar-refractivity contribution in [1.29, 1.82) is 0 Å². The first kappa shape index (κ1) is 15.2. The molecule has 0 amide bonds. The predicted octanol–water partition coefficient (Wildman–Crippen LogP) is 3.65. The van der Waals surface area contributed by atoms with Gasteiger partial charge >= 0.3 is 0 Å². The van der Waals surface area contributed by atoms with Crippen LogP contribution in [0, 0.1) is 5.92 Å². The maximum Gasteiger partial charge on any atom is 0.217 e. The summed E-state index contributed by atoms with van der Waals surface area (Å²) in [5.74, 6) is 1.54. The molecule has 5 heterocycles. The lowest BCUT2D eigenvalue weighted by molar-refractivity contribution is -0.0814. The molecule has 1 aromatic carbocycles. The molecule has 4 aliphatic rings. The zero-order valence-corrected chi connectivity index (χ0v) is 14.7. The number of nitrogens with one attached hydrogen (secondary N) is 1. The first-order chi connectivity index (χ1) is 12.2. The van der Waals surface area contributed by atoms with Crippen LogP contribution in [0.25, 0.3) is 0 Å². The Hall–Kier alpha value is -2.07. The van der Waals surface area contributed by atoms with Crippen molar-refractivity contribution in [3.63, 3.8) is 0 Å². The molecule has 130 valence electrons. The summed E-state index contributed by atoms with van der Waals surface area (Å²) in [6, 6.07) is 13.0. The number of rotatable bonds is 3. The van der Waals surface area contributed by atoms with Crippen LogP contribution in [-0.4, -0.2) is 35.1 Å². The number of anilines is 1. The van der Waals surface area contributed by atoms with Crippen LogP contribution in [0.2, 0.25) is 0 Å². The van der Waals surface area contributed by atoms with Crippen LogP contribution in [0.5, 0.6) is 5.88 Å². The van der Waals surface area contributed by atoms with E-state index >= 15 is 0 Å². The standard InChI is InChI=1S/C21H25N3O/c1-15(16-5-3-2-4-6-16)23-19-11-17-12-21(25-20(17)22-13-19)14-24-9-7-18(21)8-10-24/h2-6,11,13,15,18,23H,7-10,12,14H2,1H3. The Labute approximate surface area is 149 Å². The molecule has 2 unspecified atom stereocenters. The molecule has 4 aliphatic heterocycles.